The molecule has 1 saturated heterocycles. The van der Waals surface area contributed by atoms with Gasteiger partial charge in [0.15, 0.2) is 6.29 Å². The van der Waals surface area contributed by atoms with Gasteiger partial charge in [-0.3, -0.25) is 0 Å². The minimum Gasteiger partial charge on any atom is -0.431 e. The molecule has 6 rings (SSSR count). The maximum atomic E-state index is 12.4. The number of hydrogen-bond donors (Lipinski definition) is 5. The van der Waals surface area contributed by atoms with E-state index in [9.17, 15) is 30.3 Å². The zero-order valence-electron chi connectivity index (χ0n) is 23.2. The van der Waals surface area contributed by atoms with Crippen molar-refractivity contribution in [1.29, 1.82) is 0 Å². The van der Waals surface area contributed by atoms with E-state index in [0.29, 0.717) is 25.7 Å². The zero-order chi connectivity index (χ0) is 28.0. The molecule has 9 nitrogen and oxygen atoms in total. The molecule has 218 valence electrons. The lowest BCUT2D eigenvalue weighted by Gasteiger charge is -2.66. The fraction of sp³-hybridized carbons (Fsp3) is 0.833. The van der Waals surface area contributed by atoms with Crippen LogP contribution in [0.1, 0.15) is 90.0 Å². The highest BCUT2D eigenvalue weighted by molar-refractivity contribution is 5.27. The van der Waals surface area contributed by atoms with Gasteiger partial charge in [0.05, 0.1) is 29.7 Å². The third-order valence-electron chi connectivity index (χ3n) is 12.2. The molecule has 5 aliphatic rings. The van der Waals surface area contributed by atoms with E-state index in [4.69, 9.17) is 13.9 Å². The highest BCUT2D eigenvalue weighted by Crippen LogP contribution is 2.71. The first-order valence-electron chi connectivity index (χ1n) is 14.7. The molecule has 0 radical (unpaired) electrons. The molecule has 4 aliphatic carbocycles. The van der Waals surface area contributed by atoms with Crippen molar-refractivity contribution in [3.8, 4) is 0 Å². The van der Waals surface area contributed by atoms with Crippen molar-refractivity contribution in [1.82, 2.24) is 0 Å². The van der Waals surface area contributed by atoms with Gasteiger partial charge in [-0.2, -0.15) is 0 Å². The molecule has 13 atom stereocenters. The van der Waals surface area contributed by atoms with Crippen LogP contribution in [0.3, 0.4) is 0 Å². The Morgan fingerprint density at radius 2 is 1.59 bits per heavy atom. The Kier molecular flexibility index (Phi) is 6.66. The fourth-order valence-corrected chi connectivity index (χ4v) is 9.71. The van der Waals surface area contributed by atoms with Crippen LogP contribution in [0.2, 0.25) is 0 Å². The van der Waals surface area contributed by atoms with Gasteiger partial charge in [-0.25, -0.2) is 4.79 Å². The average molecular weight is 549 g/mol. The summed E-state index contributed by atoms with van der Waals surface area (Å²) in [5.74, 6) is 0.348. The van der Waals surface area contributed by atoms with Crippen LogP contribution in [0.4, 0.5) is 0 Å². The zero-order valence-corrected chi connectivity index (χ0v) is 23.2. The van der Waals surface area contributed by atoms with E-state index in [1.54, 1.807) is 13.2 Å². The summed E-state index contributed by atoms with van der Waals surface area (Å²) < 4.78 is 17.0. The van der Waals surface area contributed by atoms with E-state index in [1.807, 2.05) is 6.07 Å². The van der Waals surface area contributed by atoms with Crippen molar-refractivity contribution in [3.63, 3.8) is 0 Å². The van der Waals surface area contributed by atoms with E-state index in [-0.39, 0.29) is 40.3 Å². The quantitative estimate of drug-likeness (QED) is 0.358. The minimum absolute atomic E-state index is 0.0701. The number of hydrogen-bond acceptors (Lipinski definition) is 9. The standard InChI is InChI=1S/C30H44O9/c1-16-23(32)24(33)25(34)26(38-16)39-18-6-10-27(2)20-7-11-28(3)19(17-4-5-22(31)37-15-17)9-13-30(28,36)21(20)8-12-29(27,35)14-18/h4-5,15-16,18-21,23-26,32-36H,6-14H2,1-3H3/t16-,18-,19+,20-,21+,23-,24+,25+,26-,27+,28+,29-,30-/m0/s1. The van der Waals surface area contributed by atoms with Gasteiger partial charge >= 0.3 is 5.63 Å². The number of rotatable bonds is 3. The molecule has 1 aromatic heterocycles. The molecule has 0 amide bonds. The summed E-state index contributed by atoms with van der Waals surface area (Å²) in [5.41, 5.74) is -1.96. The first-order chi connectivity index (χ1) is 18.3. The van der Waals surface area contributed by atoms with Crippen molar-refractivity contribution in [3.05, 3.63) is 34.4 Å². The summed E-state index contributed by atoms with van der Waals surface area (Å²) in [6.07, 6.45) is 1.88. The SMILES string of the molecule is C[C@@H]1O[C@@H](O[C@H]2CC[C@]3(C)[C@H]4CC[C@]5(C)[C@@H](c6ccc(=O)oc6)CC[C@]5(O)[C@@H]4CC[C@]3(O)C2)[C@H](O)[C@H](O)[C@H]1O. The Balaban J connectivity index is 1.20. The molecular formula is C30H44O9. The molecule has 9 heteroatoms. The van der Waals surface area contributed by atoms with Crippen molar-refractivity contribution in [2.45, 2.75) is 132 Å². The van der Waals surface area contributed by atoms with Crippen LogP contribution in [0, 0.1) is 22.7 Å². The molecule has 0 unspecified atom stereocenters. The second-order valence-corrected chi connectivity index (χ2v) is 13.7. The van der Waals surface area contributed by atoms with Crippen molar-refractivity contribution >= 4 is 0 Å². The summed E-state index contributed by atoms with van der Waals surface area (Å²) in [7, 11) is 0. The molecular weight excluding hydrogens is 504 g/mol. The van der Waals surface area contributed by atoms with Gasteiger partial charge in [0.1, 0.15) is 18.3 Å². The fourth-order valence-electron chi connectivity index (χ4n) is 9.71. The van der Waals surface area contributed by atoms with Crippen LogP contribution in [0.25, 0.3) is 0 Å². The van der Waals surface area contributed by atoms with Crippen LogP contribution in [-0.4, -0.2) is 73.5 Å². The van der Waals surface area contributed by atoms with Gasteiger partial charge in [0.2, 0.25) is 0 Å². The smallest absolute Gasteiger partial charge is 0.335 e. The maximum absolute atomic E-state index is 12.4. The van der Waals surface area contributed by atoms with E-state index in [2.05, 4.69) is 13.8 Å². The molecule has 2 heterocycles. The van der Waals surface area contributed by atoms with Crippen molar-refractivity contribution in [2.75, 3.05) is 0 Å². The predicted molar refractivity (Wildman–Crippen MR) is 140 cm³/mol. The Morgan fingerprint density at radius 3 is 2.31 bits per heavy atom. The highest BCUT2D eigenvalue weighted by atomic mass is 16.7. The second kappa shape index (κ2) is 9.34. The first-order valence-corrected chi connectivity index (χ1v) is 14.7. The average Bonchev–Trinajstić information content (AvgIpc) is 3.18. The van der Waals surface area contributed by atoms with Gasteiger partial charge < -0.3 is 39.4 Å². The Morgan fingerprint density at radius 1 is 0.872 bits per heavy atom. The van der Waals surface area contributed by atoms with Gasteiger partial charge in [-0.05, 0) is 93.1 Å². The van der Waals surface area contributed by atoms with Gasteiger partial charge in [-0.15, -0.1) is 0 Å². The Bertz CT molecular complexity index is 1120. The summed E-state index contributed by atoms with van der Waals surface area (Å²) in [6.45, 7) is 6.01. The lowest BCUT2D eigenvalue weighted by atomic mass is 9.42. The molecule has 0 aromatic carbocycles. The molecule has 4 saturated carbocycles. The maximum Gasteiger partial charge on any atom is 0.335 e. The van der Waals surface area contributed by atoms with Gasteiger partial charge in [0, 0.05) is 17.9 Å². The number of ether oxygens (including phenoxy) is 2. The van der Waals surface area contributed by atoms with Gasteiger partial charge in [-0.1, -0.05) is 13.8 Å². The van der Waals surface area contributed by atoms with E-state index >= 15 is 0 Å². The molecule has 39 heavy (non-hydrogen) atoms. The van der Waals surface area contributed by atoms with Crippen LogP contribution in [-0.2, 0) is 9.47 Å². The van der Waals surface area contributed by atoms with Crippen molar-refractivity contribution < 1.29 is 39.4 Å². The van der Waals surface area contributed by atoms with E-state index < -0.39 is 41.9 Å². The Labute approximate surface area is 229 Å². The van der Waals surface area contributed by atoms with Crippen molar-refractivity contribution in [2.24, 2.45) is 22.7 Å². The van der Waals surface area contributed by atoms with Crippen LogP contribution in [0.5, 0.6) is 0 Å². The molecule has 0 spiro atoms. The summed E-state index contributed by atoms with van der Waals surface area (Å²) >= 11 is 0. The first kappa shape index (κ1) is 27.8. The molecule has 1 aliphatic heterocycles. The minimum atomic E-state index is -1.37. The normalized spacial score (nSPS) is 53.5. The number of fused-ring (bicyclic) bond motifs is 5. The predicted octanol–water partition coefficient (Wildman–Crippen LogP) is 2.21. The molecule has 5 N–H and O–H groups in total. The summed E-state index contributed by atoms with van der Waals surface area (Å²) in [6, 6.07) is 3.31. The van der Waals surface area contributed by atoms with Crippen LogP contribution in [0.15, 0.2) is 27.6 Å². The second-order valence-electron chi connectivity index (χ2n) is 13.7. The highest BCUT2D eigenvalue weighted by Gasteiger charge is 2.70. The number of aliphatic hydroxyl groups is 5. The summed E-state index contributed by atoms with van der Waals surface area (Å²) in [4.78, 5) is 11.6. The third kappa shape index (κ3) is 3.95. The van der Waals surface area contributed by atoms with E-state index in [1.165, 1.54) is 6.07 Å². The molecule has 0 bridgehead atoms. The monoisotopic (exact) mass is 548 g/mol. The number of aliphatic hydroxyl groups excluding tert-OH is 3. The summed E-state index contributed by atoms with van der Waals surface area (Å²) in [5, 5.41) is 55.2. The molecule has 1 aromatic rings. The lowest BCUT2D eigenvalue weighted by molar-refractivity contribution is -0.319. The van der Waals surface area contributed by atoms with Gasteiger partial charge in [0.25, 0.3) is 0 Å². The largest absolute Gasteiger partial charge is 0.431 e. The third-order valence-corrected chi connectivity index (χ3v) is 12.2. The Hall–Kier alpha value is -1.33. The topological polar surface area (TPSA) is 150 Å². The van der Waals surface area contributed by atoms with E-state index in [0.717, 1.165) is 37.7 Å². The lowest BCUT2D eigenvalue weighted by Crippen LogP contribution is -2.67. The molecule has 5 fully saturated rings. The van der Waals surface area contributed by atoms with Crippen LogP contribution < -0.4 is 5.63 Å². The van der Waals surface area contributed by atoms with Crippen LogP contribution >= 0.6 is 0 Å².